The first kappa shape index (κ1) is 56.7. The van der Waals surface area contributed by atoms with Gasteiger partial charge in [0.1, 0.15) is 0 Å². The Bertz CT molecular complexity index is 5790. The normalized spacial score (nSPS) is 12.4. The molecule has 16 aromatic carbocycles. The Hall–Kier alpha value is -11.5. The minimum Gasteiger partial charge on any atom is -0.310 e. The molecule has 1 aliphatic heterocycles. The minimum absolute atomic E-state index is 0.0785. The van der Waals surface area contributed by atoms with E-state index in [0.29, 0.717) is 0 Å². The molecule has 0 bridgehead atoms. The maximum atomic E-state index is 2.44. The number of fused-ring (bicyclic) bond motifs is 20. The molecule has 0 atom stereocenters. The number of nitrogens with zero attached hydrogens (tertiary/aromatic N) is 3. The topological polar surface area (TPSA) is 13.1 Å². The van der Waals surface area contributed by atoms with Crippen molar-refractivity contribution >= 4 is 125 Å². The Balaban J connectivity index is 0.000000133. The fourth-order valence-corrected chi connectivity index (χ4v) is 15.0. The fourth-order valence-electron chi connectivity index (χ4n) is 15.0. The van der Waals surface area contributed by atoms with Crippen molar-refractivity contribution in [3.8, 4) is 22.5 Å². The Kier molecular flexibility index (Phi) is 14.2. The molecule has 19 rings (SSSR count). The Labute approximate surface area is 542 Å². The van der Waals surface area contributed by atoms with Gasteiger partial charge in [0.05, 0.1) is 33.4 Å². The summed E-state index contributed by atoms with van der Waals surface area (Å²) in [5.41, 5.74) is 17.3. The third kappa shape index (κ3) is 9.50. The summed E-state index contributed by atoms with van der Waals surface area (Å²) in [6.45, 7) is 10.8. The fraction of sp³-hybridized carbons (Fsp3) is 0.0667. The van der Waals surface area contributed by atoms with Crippen LogP contribution < -0.4 is 4.90 Å². The highest BCUT2D eigenvalue weighted by molar-refractivity contribution is 6.29. The van der Waals surface area contributed by atoms with Crippen LogP contribution in [0.2, 0.25) is 0 Å². The summed E-state index contributed by atoms with van der Waals surface area (Å²) in [5, 5.41) is 20.7. The van der Waals surface area contributed by atoms with Gasteiger partial charge < -0.3 is 14.0 Å². The van der Waals surface area contributed by atoms with Gasteiger partial charge in [-0.2, -0.15) is 0 Å². The van der Waals surface area contributed by atoms with Crippen LogP contribution >= 0.6 is 0 Å². The third-order valence-electron chi connectivity index (χ3n) is 19.2. The predicted molar refractivity (Wildman–Crippen MR) is 401 cm³/mol. The molecule has 0 spiro atoms. The van der Waals surface area contributed by atoms with E-state index in [1.165, 1.54) is 153 Å². The lowest BCUT2D eigenvalue weighted by molar-refractivity contribution is 0.632. The van der Waals surface area contributed by atoms with E-state index in [4.69, 9.17) is 0 Å². The first-order valence-electron chi connectivity index (χ1n) is 32.7. The largest absolute Gasteiger partial charge is 0.310 e. The van der Waals surface area contributed by atoms with Gasteiger partial charge in [-0.05, 0) is 179 Å². The van der Waals surface area contributed by atoms with E-state index >= 15 is 0 Å². The van der Waals surface area contributed by atoms with Crippen LogP contribution in [0.5, 0.6) is 0 Å². The first-order chi connectivity index (χ1) is 45.9. The number of aryl methyl sites for hydroxylation is 1. The van der Waals surface area contributed by atoms with Crippen LogP contribution in [0.1, 0.15) is 44.4 Å². The molecule has 93 heavy (non-hydrogen) atoms. The quantitative estimate of drug-likeness (QED) is 0.160. The minimum atomic E-state index is -0.0785. The second kappa shape index (κ2) is 23.4. The van der Waals surface area contributed by atoms with Crippen LogP contribution in [0.25, 0.3) is 131 Å². The standard InChI is InChI=1S/C45H32N2.C36H23N.C7H8.C2H6/c1-45(2)39-18-8-11-21-42(39)47(43-22-12-9-19-40(43)45)30-25-23-29(24-26-30)46-41-20-10-7-17-35(41)38-27-36-33-15-5-3-13-31(33)32-14-4-6-16-34(32)37(36)28-44(38)46;1-2-10-26(11-3-1)37-35-17-9-8-16-32(35)33-21-19-25(23-36(33)37)24-18-20-31-29-14-5-4-12-27(29)28-13-6-7-15-30(28)34(31)22-24;1-7-5-3-2-4-6-7;1-2/h3-28H,1-2H3;1-23H;2-6H,1H3;1-2H3. The maximum absolute atomic E-state index is 2.44. The molecule has 3 nitrogen and oxygen atoms in total. The first-order valence-corrected chi connectivity index (χ1v) is 32.7. The number of benzene rings is 16. The molecule has 0 unspecified atom stereocenters. The van der Waals surface area contributed by atoms with E-state index in [2.05, 4.69) is 344 Å². The zero-order valence-corrected chi connectivity index (χ0v) is 53.0. The van der Waals surface area contributed by atoms with E-state index in [1.807, 2.05) is 32.0 Å². The van der Waals surface area contributed by atoms with Crippen molar-refractivity contribution in [3.05, 3.63) is 344 Å². The summed E-state index contributed by atoms with van der Waals surface area (Å²) in [6.07, 6.45) is 0. The molecule has 3 heterocycles. The number of anilines is 3. The van der Waals surface area contributed by atoms with Gasteiger partial charge in [0.15, 0.2) is 0 Å². The summed E-state index contributed by atoms with van der Waals surface area (Å²) < 4.78 is 4.83. The molecule has 3 heteroatoms. The lowest BCUT2D eigenvalue weighted by atomic mass is 9.73. The molecule has 2 aromatic heterocycles. The van der Waals surface area contributed by atoms with E-state index in [0.717, 1.165) is 11.4 Å². The highest BCUT2D eigenvalue weighted by Gasteiger charge is 2.36. The van der Waals surface area contributed by atoms with Crippen LogP contribution in [0.4, 0.5) is 17.1 Å². The lowest BCUT2D eigenvalue weighted by Gasteiger charge is -2.42. The van der Waals surface area contributed by atoms with Crippen molar-refractivity contribution < 1.29 is 0 Å². The second-order valence-electron chi connectivity index (χ2n) is 24.8. The van der Waals surface area contributed by atoms with Crippen molar-refractivity contribution in [1.82, 2.24) is 9.13 Å². The SMILES string of the molecule is CC.CC1(C)c2ccccc2N(c2ccc(-n3c4ccccc4c4cc5c6ccccc6c6ccccc6c5cc43)cc2)c2ccccc21.Cc1ccccc1.c1ccc(-n2c3ccccc3c3ccc(-c4ccc5c6ccccc6c6ccccc6c5c4)cc32)cc1. The number of hydrogen-bond acceptors (Lipinski definition) is 1. The number of hydrogen-bond donors (Lipinski definition) is 0. The van der Waals surface area contributed by atoms with Gasteiger partial charge >= 0.3 is 0 Å². The highest BCUT2D eigenvalue weighted by Crippen LogP contribution is 2.52. The van der Waals surface area contributed by atoms with Crippen LogP contribution in [0.3, 0.4) is 0 Å². The average molecular weight is 1190 g/mol. The summed E-state index contributed by atoms with van der Waals surface area (Å²) in [5.74, 6) is 0. The van der Waals surface area contributed by atoms with Gasteiger partial charge in [0.25, 0.3) is 0 Å². The molecule has 0 fully saturated rings. The van der Waals surface area contributed by atoms with Crippen molar-refractivity contribution in [2.45, 2.75) is 40.0 Å². The van der Waals surface area contributed by atoms with E-state index in [-0.39, 0.29) is 5.41 Å². The number of aromatic nitrogens is 2. The predicted octanol–water partition coefficient (Wildman–Crippen LogP) is 25.3. The van der Waals surface area contributed by atoms with Crippen LogP contribution in [0, 0.1) is 6.92 Å². The molecule has 0 saturated carbocycles. The number of rotatable bonds is 4. The van der Waals surface area contributed by atoms with Crippen molar-refractivity contribution in [2.75, 3.05) is 4.90 Å². The van der Waals surface area contributed by atoms with E-state index in [1.54, 1.807) is 0 Å². The molecular formula is C90H69N3. The van der Waals surface area contributed by atoms with Gasteiger partial charge in [0.2, 0.25) is 0 Å². The van der Waals surface area contributed by atoms with Crippen LogP contribution in [0.15, 0.2) is 328 Å². The van der Waals surface area contributed by atoms with Gasteiger partial charge in [-0.15, -0.1) is 0 Å². The maximum Gasteiger partial charge on any atom is 0.0547 e. The van der Waals surface area contributed by atoms with E-state index in [9.17, 15) is 0 Å². The molecule has 0 amide bonds. The lowest BCUT2D eigenvalue weighted by Crippen LogP contribution is -2.30. The summed E-state index contributed by atoms with van der Waals surface area (Å²) >= 11 is 0. The van der Waals surface area contributed by atoms with E-state index < -0.39 is 0 Å². The Morgan fingerprint density at radius 3 is 1.03 bits per heavy atom. The van der Waals surface area contributed by atoms with Crippen molar-refractivity contribution in [3.63, 3.8) is 0 Å². The monoisotopic (exact) mass is 1190 g/mol. The Morgan fingerprint density at radius 1 is 0.226 bits per heavy atom. The summed E-state index contributed by atoms with van der Waals surface area (Å²) in [4.78, 5) is 2.43. The summed E-state index contributed by atoms with van der Waals surface area (Å²) in [6, 6.07) is 119. The van der Waals surface area contributed by atoms with Gasteiger partial charge in [-0.1, -0.05) is 276 Å². The highest BCUT2D eigenvalue weighted by atomic mass is 15.2. The Morgan fingerprint density at radius 2 is 0.548 bits per heavy atom. The average Bonchev–Trinajstić information content (AvgIpc) is 1.72. The number of para-hydroxylation sites is 5. The van der Waals surface area contributed by atoms with Gasteiger partial charge in [-0.3, -0.25) is 0 Å². The van der Waals surface area contributed by atoms with Gasteiger partial charge in [-0.25, -0.2) is 0 Å². The molecular weight excluding hydrogens is 1120 g/mol. The molecule has 0 radical (unpaired) electrons. The second-order valence-corrected chi connectivity index (χ2v) is 24.8. The molecule has 444 valence electrons. The zero-order valence-electron chi connectivity index (χ0n) is 53.0. The molecule has 0 aliphatic carbocycles. The van der Waals surface area contributed by atoms with Crippen LogP contribution in [-0.4, -0.2) is 9.13 Å². The zero-order chi connectivity index (χ0) is 62.7. The smallest absolute Gasteiger partial charge is 0.0547 e. The van der Waals surface area contributed by atoms with Crippen molar-refractivity contribution in [2.24, 2.45) is 0 Å². The summed E-state index contributed by atoms with van der Waals surface area (Å²) in [7, 11) is 0. The third-order valence-corrected chi connectivity index (χ3v) is 19.2. The molecule has 18 aromatic rings. The van der Waals surface area contributed by atoms with Crippen LogP contribution in [-0.2, 0) is 5.41 Å². The molecule has 0 saturated heterocycles. The molecule has 1 aliphatic rings. The molecule has 0 N–H and O–H groups in total. The van der Waals surface area contributed by atoms with Crippen molar-refractivity contribution in [1.29, 1.82) is 0 Å². The van der Waals surface area contributed by atoms with Gasteiger partial charge in [0, 0.05) is 44.0 Å².